The Morgan fingerprint density at radius 1 is 0.804 bits per heavy atom. The maximum Gasteiger partial charge on any atom is 0.410 e. The zero-order chi connectivity index (χ0) is 77.0. The van der Waals surface area contributed by atoms with Crippen LogP contribution in [0.1, 0.15) is 133 Å². The molecule has 6 fully saturated rings. The van der Waals surface area contributed by atoms with Crippen molar-refractivity contribution in [2.75, 3.05) is 54.9 Å². The molecule has 0 radical (unpaired) electrons. The molecule has 33 heteroatoms. The quantitative estimate of drug-likeness (QED) is 0.0286. The number of fused-ring (bicyclic) bond motifs is 2. The van der Waals surface area contributed by atoms with Crippen LogP contribution in [0.2, 0.25) is 0 Å². The molecule has 2 saturated heterocycles. The van der Waals surface area contributed by atoms with Crippen molar-refractivity contribution in [2.45, 2.75) is 180 Å². The number of aromatic nitrogens is 4. The van der Waals surface area contributed by atoms with Crippen LogP contribution in [0.15, 0.2) is 77.6 Å². The van der Waals surface area contributed by atoms with Crippen LogP contribution < -0.4 is 37.2 Å². The number of piperidine rings is 1. The van der Waals surface area contributed by atoms with E-state index in [1.807, 2.05) is 53.1 Å². The molecule has 13 N–H and O–H groups in total. The van der Waals surface area contributed by atoms with Gasteiger partial charge in [0.1, 0.15) is 42.8 Å². The number of carboxylic acids is 3. The van der Waals surface area contributed by atoms with E-state index in [-0.39, 0.29) is 90.7 Å². The predicted molar refractivity (Wildman–Crippen MR) is 388 cm³/mol. The average molecular weight is 1500 g/mol. The van der Waals surface area contributed by atoms with E-state index < -0.39 is 127 Å². The number of amides is 7. The third-order valence-corrected chi connectivity index (χ3v) is 22.4. The summed E-state index contributed by atoms with van der Waals surface area (Å²) < 4.78 is 21.5. The normalized spacial score (nSPS) is 26.1. The number of para-hydroxylation sites is 1. The fourth-order valence-electron chi connectivity index (χ4n) is 17.5. The maximum atomic E-state index is 14.3. The lowest BCUT2D eigenvalue weighted by Crippen LogP contribution is -2.64. The number of ether oxygens (including phenoxy) is 3. The summed E-state index contributed by atoms with van der Waals surface area (Å²) in [6.07, 6.45) is -0.109. The largest absolute Gasteiger partial charge is 0.481 e. The Labute approximate surface area is 620 Å². The molecular weight excluding hydrogens is 1410 g/mol. The van der Waals surface area contributed by atoms with Gasteiger partial charge in [0.05, 0.1) is 47.7 Å². The number of thiazole rings is 1. The van der Waals surface area contributed by atoms with Gasteiger partial charge in [-0.3, -0.25) is 48.6 Å². The molecule has 7 amide bonds. The van der Waals surface area contributed by atoms with Gasteiger partial charge in [0, 0.05) is 97.9 Å². The second-order valence-corrected chi connectivity index (χ2v) is 31.6. The topological polar surface area (TPSA) is 468 Å². The lowest BCUT2D eigenvalue weighted by molar-refractivity contribution is -0.248. The summed E-state index contributed by atoms with van der Waals surface area (Å²) in [6.45, 7) is 11.6. The Bertz CT molecular complexity index is 4280. The smallest absolute Gasteiger partial charge is 0.410 e. The number of rotatable bonds is 31. The second-order valence-electron chi connectivity index (χ2n) is 30.6. The van der Waals surface area contributed by atoms with Crippen LogP contribution in [0.25, 0.3) is 21.3 Å². The summed E-state index contributed by atoms with van der Waals surface area (Å²) >= 11 is 1.39. The number of benzene rings is 2. The number of aliphatic imine (C=N–C) groups is 1. The highest BCUT2D eigenvalue weighted by Gasteiger charge is 2.66. The summed E-state index contributed by atoms with van der Waals surface area (Å²) in [5.41, 5.74) is 8.35. The number of carboxylic acid groups (broad SMARTS) is 3. The average Bonchev–Trinajstić information content (AvgIpc) is 0.854. The Kier molecular flexibility index (Phi) is 23.7. The van der Waals surface area contributed by atoms with Gasteiger partial charge in [-0.25, -0.2) is 24.4 Å². The first-order chi connectivity index (χ1) is 50.7. The van der Waals surface area contributed by atoms with Crippen molar-refractivity contribution in [1.82, 2.24) is 40.6 Å². The van der Waals surface area contributed by atoms with Gasteiger partial charge in [0.25, 0.3) is 5.91 Å². The predicted octanol–water partition coefficient (Wildman–Crippen LogP) is 4.69. The molecule has 5 aromatic rings. The fraction of sp³-hybridized carbons (Fsp3) is 0.541. The minimum atomic E-state index is -1.95. The number of hydrogen-bond donors (Lipinski definition) is 12. The van der Waals surface area contributed by atoms with Crippen LogP contribution in [0.5, 0.6) is 0 Å². The number of nitrogens with zero attached hydrogens (tertiary/aromatic N) is 7. The number of aliphatic hydroxyl groups is 3. The summed E-state index contributed by atoms with van der Waals surface area (Å²) in [6, 6.07) is 13.4. The van der Waals surface area contributed by atoms with Crippen molar-refractivity contribution >= 4 is 104 Å². The fourth-order valence-corrected chi connectivity index (χ4v) is 18.3. The van der Waals surface area contributed by atoms with Crippen molar-refractivity contribution in [1.29, 1.82) is 0 Å². The molecule has 11 atom stereocenters. The second kappa shape index (κ2) is 32.3. The number of anilines is 3. The van der Waals surface area contributed by atoms with E-state index in [1.54, 1.807) is 38.4 Å². The molecule has 12 rings (SSSR count). The van der Waals surface area contributed by atoms with Crippen molar-refractivity contribution in [2.24, 2.45) is 44.7 Å². The van der Waals surface area contributed by atoms with Crippen LogP contribution in [0.3, 0.4) is 0 Å². The minimum Gasteiger partial charge on any atom is -0.481 e. The summed E-state index contributed by atoms with van der Waals surface area (Å²) in [7, 11) is 0. The Morgan fingerprint density at radius 3 is 2.25 bits per heavy atom. The number of aromatic carboxylic acids is 1. The Hall–Kier alpha value is -9.80. The Balaban J connectivity index is 0.746. The van der Waals surface area contributed by atoms with Gasteiger partial charge >= 0.3 is 24.0 Å². The first kappa shape index (κ1) is 78.3. The number of carbonyl (C=O) groups excluding carboxylic acids is 7. The highest BCUT2D eigenvalue weighted by Crippen LogP contribution is 2.72. The minimum absolute atomic E-state index is 0.00833. The molecule has 4 bridgehead atoms. The van der Waals surface area contributed by atoms with Crippen LogP contribution >= 0.6 is 11.3 Å². The lowest BCUT2D eigenvalue weighted by Gasteiger charge is -2.69. The first-order valence-corrected chi connectivity index (χ1v) is 36.7. The summed E-state index contributed by atoms with van der Waals surface area (Å²) in [5.74, 6) is -8.11. The molecule has 32 nitrogen and oxygen atoms in total. The molecule has 574 valence electrons. The van der Waals surface area contributed by atoms with Gasteiger partial charge in [-0.05, 0) is 141 Å². The number of primary amides is 1. The van der Waals surface area contributed by atoms with Crippen molar-refractivity contribution in [3.63, 3.8) is 0 Å². The van der Waals surface area contributed by atoms with E-state index in [9.17, 15) is 73.5 Å². The van der Waals surface area contributed by atoms with Gasteiger partial charge in [0.2, 0.25) is 29.5 Å². The number of nitrogens with two attached hydrogens (primary N) is 1. The number of carbonyl (C=O) groups is 10. The monoisotopic (exact) mass is 1500 g/mol. The highest BCUT2D eigenvalue weighted by molar-refractivity contribution is 7.22. The van der Waals surface area contributed by atoms with Gasteiger partial charge in [-0.15, -0.1) is 0 Å². The van der Waals surface area contributed by atoms with E-state index in [4.69, 9.17) is 35.1 Å². The van der Waals surface area contributed by atoms with Gasteiger partial charge < -0.3 is 81.7 Å². The van der Waals surface area contributed by atoms with E-state index in [0.29, 0.717) is 71.3 Å². The third kappa shape index (κ3) is 18.3. The van der Waals surface area contributed by atoms with Gasteiger partial charge in [-0.2, -0.15) is 5.10 Å². The van der Waals surface area contributed by atoms with Crippen LogP contribution in [-0.4, -0.2) is 208 Å². The van der Waals surface area contributed by atoms with Gasteiger partial charge in [0.15, 0.2) is 16.9 Å². The van der Waals surface area contributed by atoms with Crippen LogP contribution in [0.4, 0.5) is 21.4 Å². The first-order valence-electron chi connectivity index (χ1n) is 35.9. The summed E-state index contributed by atoms with van der Waals surface area (Å²) in [5, 5.41) is 79.9. The van der Waals surface area contributed by atoms with Crippen molar-refractivity contribution in [3.05, 3.63) is 95.1 Å². The van der Waals surface area contributed by atoms with Gasteiger partial charge in [-0.1, -0.05) is 57.2 Å². The van der Waals surface area contributed by atoms with Crippen molar-refractivity contribution < 1.29 is 92.8 Å². The lowest BCUT2D eigenvalue weighted by atomic mass is 9.39. The standard InChI is InChI=1S/C74H93N13O19S/c1-39(2)58(83-56(90)29-77-55(89)17-18-57(91)92)66(98)79-40(3)64(96)80-45-13-11-44(42(25-45)12-15-51-60(93)61(94)62(95)63(106-51)68(101)102)31-104-70(103)85(22-20-53(75)88)23-24-105-74-35-71(5)32-72(6,36-74)34-73(33-71,37-74)38-87-41(4)47(28-78-87)46-14-16-54(82-59(46)67(99)100)86-21-19-43-26-76-27-48(49(43)30-86)65(97)84-69-81-50-9-7-8-10-52(50)107-69/h7-11,13-14,16,25-28,39-40,43,49,51,58,60-63,93-95H,12,15,17-24,29-38H2,1-6H3,(H2,75,88)(H,77,89)(H,79,98)(H,80,96)(H,83,90)(H,91,92)(H,99,100)(H,101,102)(H,81,84,97)/t40-,43?,49?,51-,58-,60-,61+,62-,63-,71?,72?,73?,74?/m0/s1. The molecule has 2 aromatic carbocycles. The molecule has 4 aliphatic carbocycles. The van der Waals surface area contributed by atoms with Crippen LogP contribution in [0, 0.1) is 40.9 Å². The molecule has 4 saturated carbocycles. The number of aliphatic hydroxyl groups excluding tert-OH is 3. The molecule has 0 spiro atoms. The molecular formula is C74H93N13O19S. The zero-order valence-electron chi connectivity index (χ0n) is 60.5. The maximum absolute atomic E-state index is 14.3. The van der Waals surface area contributed by atoms with E-state index in [0.717, 1.165) is 48.0 Å². The molecule has 3 aliphatic heterocycles. The molecule has 3 aromatic heterocycles. The number of aryl methyl sites for hydroxylation is 1. The number of hydrogen-bond acceptors (Lipinski definition) is 22. The summed E-state index contributed by atoms with van der Waals surface area (Å²) in [4.78, 5) is 146. The molecule has 7 aliphatic rings. The number of nitrogens with one attached hydrogen (secondary N) is 5. The van der Waals surface area contributed by atoms with Crippen molar-refractivity contribution in [3.8, 4) is 11.1 Å². The zero-order valence-corrected chi connectivity index (χ0v) is 61.3. The Morgan fingerprint density at radius 2 is 1.55 bits per heavy atom. The molecule has 6 heterocycles. The SMILES string of the molecule is Cc1c(-c2ccc(N3CCC4C=NC=C(C(=O)Nc5nc6ccccc6s5)C4C3)nc2C(=O)O)cnn1CC12CC3(C)CC(C)(C1)CC(OCCN(CCC(N)=O)C(=O)OCc1ccc(NC(=O)[C@H](C)NC(=O)[C@@H](NC(=O)CNC(=O)CCC(=O)O)C(C)C)cc1CC[C@@H]1O[C@H](C(=O)O)[C@@H](O)[C@H](O)[C@H]1O)(C3)C2. The van der Waals surface area contributed by atoms with Crippen LogP contribution in [-0.2, 0) is 72.1 Å². The third-order valence-electron chi connectivity index (χ3n) is 21.4. The number of pyridine rings is 1. The van der Waals surface area contributed by atoms with E-state index in [1.165, 1.54) is 35.3 Å². The number of aliphatic carboxylic acids is 2. The van der Waals surface area contributed by atoms with E-state index >= 15 is 0 Å². The highest BCUT2D eigenvalue weighted by atomic mass is 32.1. The molecule has 4 unspecified atom stereocenters. The molecule has 107 heavy (non-hydrogen) atoms. The van der Waals surface area contributed by atoms with E-state index in [2.05, 4.69) is 50.4 Å².